The second-order valence-corrected chi connectivity index (χ2v) is 5.98. The van der Waals surface area contributed by atoms with Gasteiger partial charge in [-0.15, -0.1) is 0 Å². The van der Waals surface area contributed by atoms with Crippen LogP contribution in [0.15, 0.2) is 48.5 Å². The van der Waals surface area contributed by atoms with E-state index in [1.807, 2.05) is 69.6 Å². The number of hydrogen-bond donors (Lipinski definition) is 1. The number of carbonyl (C=O) groups is 1. The number of rotatable bonds is 8. The van der Waals surface area contributed by atoms with Gasteiger partial charge in [-0.2, -0.15) is 0 Å². The number of para-hydroxylation sites is 2. The van der Waals surface area contributed by atoms with Crippen LogP contribution in [-0.4, -0.2) is 31.5 Å². The molecule has 0 aliphatic heterocycles. The fourth-order valence-electron chi connectivity index (χ4n) is 2.59. The summed E-state index contributed by atoms with van der Waals surface area (Å²) < 4.78 is 5.61. The van der Waals surface area contributed by atoms with Gasteiger partial charge >= 0.3 is 0 Å². The molecule has 1 amide bonds. The lowest BCUT2D eigenvalue weighted by Gasteiger charge is -2.15. The molecule has 0 aliphatic rings. The van der Waals surface area contributed by atoms with Crippen molar-refractivity contribution in [3.05, 3.63) is 59.7 Å². The van der Waals surface area contributed by atoms with Crippen molar-refractivity contribution in [3.63, 3.8) is 0 Å². The monoisotopic (exact) mass is 326 g/mol. The molecule has 1 N–H and O–H groups in total. The van der Waals surface area contributed by atoms with Gasteiger partial charge in [0.25, 0.3) is 0 Å². The van der Waals surface area contributed by atoms with Crippen molar-refractivity contribution in [2.24, 2.45) is 0 Å². The largest absolute Gasteiger partial charge is 0.494 e. The van der Waals surface area contributed by atoms with Crippen LogP contribution in [0, 0.1) is 0 Å². The number of amides is 1. The van der Waals surface area contributed by atoms with Gasteiger partial charge in [0.05, 0.1) is 6.61 Å². The molecule has 2 aromatic carbocycles. The summed E-state index contributed by atoms with van der Waals surface area (Å²) in [5.74, 6) is 0.883. The normalized spacial score (nSPS) is 10.7. The zero-order valence-electron chi connectivity index (χ0n) is 14.7. The van der Waals surface area contributed by atoms with Crippen LogP contribution in [0.25, 0.3) is 0 Å². The highest BCUT2D eigenvalue weighted by Gasteiger charge is 2.09. The Bertz CT molecular complexity index is 668. The molecule has 128 valence electrons. The Labute approximate surface area is 144 Å². The Morgan fingerprint density at radius 2 is 1.71 bits per heavy atom. The van der Waals surface area contributed by atoms with Crippen LogP contribution in [0.2, 0.25) is 0 Å². The van der Waals surface area contributed by atoms with Gasteiger partial charge in [-0.3, -0.25) is 4.79 Å². The molecule has 24 heavy (non-hydrogen) atoms. The number of nitrogens with zero attached hydrogens (tertiary/aromatic N) is 1. The van der Waals surface area contributed by atoms with E-state index >= 15 is 0 Å². The molecular formula is C20H26N2O2. The molecule has 0 radical (unpaired) electrons. The van der Waals surface area contributed by atoms with Crippen molar-refractivity contribution in [3.8, 4) is 5.75 Å². The molecular weight excluding hydrogens is 300 g/mol. The van der Waals surface area contributed by atoms with E-state index in [1.54, 1.807) is 0 Å². The summed E-state index contributed by atoms with van der Waals surface area (Å²) in [7, 11) is 4.03. The number of benzene rings is 2. The summed E-state index contributed by atoms with van der Waals surface area (Å²) in [4.78, 5) is 14.4. The molecule has 0 spiro atoms. The van der Waals surface area contributed by atoms with Gasteiger partial charge < -0.3 is 15.0 Å². The highest BCUT2D eigenvalue weighted by Crippen LogP contribution is 2.21. The number of anilines is 1. The molecule has 2 aromatic rings. The van der Waals surface area contributed by atoms with E-state index in [0.29, 0.717) is 19.4 Å². The molecule has 0 heterocycles. The minimum Gasteiger partial charge on any atom is -0.494 e. The van der Waals surface area contributed by atoms with Crippen molar-refractivity contribution in [2.45, 2.75) is 26.3 Å². The van der Waals surface area contributed by atoms with Gasteiger partial charge in [-0.25, -0.2) is 0 Å². The third-order valence-electron chi connectivity index (χ3n) is 3.67. The Morgan fingerprint density at radius 3 is 2.42 bits per heavy atom. The SMILES string of the molecule is CCOc1ccccc1CCC(=O)Nc1ccccc1CN(C)C. The van der Waals surface area contributed by atoms with Crippen LogP contribution in [0.3, 0.4) is 0 Å². The molecule has 4 nitrogen and oxygen atoms in total. The van der Waals surface area contributed by atoms with Crippen LogP contribution >= 0.6 is 0 Å². The van der Waals surface area contributed by atoms with Gasteiger partial charge in [0.2, 0.25) is 5.91 Å². The summed E-state index contributed by atoms with van der Waals surface area (Å²) in [6.45, 7) is 3.38. The maximum Gasteiger partial charge on any atom is 0.224 e. The van der Waals surface area contributed by atoms with Crippen molar-refractivity contribution in [1.82, 2.24) is 4.90 Å². The average Bonchev–Trinajstić information content (AvgIpc) is 2.56. The minimum absolute atomic E-state index is 0.0208. The highest BCUT2D eigenvalue weighted by atomic mass is 16.5. The van der Waals surface area contributed by atoms with Gasteiger partial charge in [-0.05, 0) is 50.7 Å². The zero-order chi connectivity index (χ0) is 17.4. The first kappa shape index (κ1) is 18.0. The number of hydrogen-bond acceptors (Lipinski definition) is 3. The van der Waals surface area contributed by atoms with Crippen molar-refractivity contribution in [1.29, 1.82) is 0 Å². The summed E-state index contributed by atoms with van der Waals surface area (Å²) in [6.07, 6.45) is 1.10. The molecule has 0 saturated heterocycles. The Kier molecular flexibility index (Phi) is 6.82. The smallest absolute Gasteiger partial charge is 0.224 e. The Balaban J connectivity index is 1.97. The Morgan fingerprint density at radius 1 is 1.04 bits per heavy atom. The molecule has 0 saturated carbocycles. The molecule has 0 atom stereocenters. The molecule has 2 rings (SSSR count). The third-order valence-corrected chi connectivity index (χ3v) is 3.67. The molecule has 0 aromatic heterocycles. The van der Waals surface area contributed by atoms with E-state index in [4.69, 9.17) is 4.74 Å². The first-order valence-electron chi connectivity index (χ1n) is 8.33. The van der Waals surface area contributed by atoms with Crippen LogP contribution < -0.4 is 10.1 Å². The van der Waals surface area contributed by atoms with E-state index in [-0.39, 0.29) is 5.91 Å². The summed E-state index contributed by atoms with van der Waals surface area (Å²) in [6, 6.07) is 15.8. The molecule has 0 unspecified atom stereocenters. The van der Waals surface area contributed by atoms with Crippen LogP contribution in [0.4, 0.5) is 5.69 Å². The minimum atomic E-state index is 0.0208. The predicted octanol–water partition coefficient (Wildman–Crippen LogP) is 3.72. The van der Waals surface area contributed by atoms with Crippen LogP contribution in [0.5, 0.6) is 5.75 Å². The lowest BCUT2D eigenvalue weighted by molar-refractivity contribution is -0.116. The number of carbonyl (C=O) groups excluding carboxylic acids is 1. The van der Waals surface area contributed by atoms with Crippen LogP contribution in [0.1, 0.15) is 24.5 Å². The summed E-state index contributed by atoms with van der Waals surface area (Å²) in [5, 5.41) is 3.03. The van der Waals surface area contributed by atoms with E-state index < -0.39 is 0 Å². The zero-order valence-corrected chi connectivity index (χ0v) is 14.7. The third kappa shape index (κ3) is 5.39. The maximum absolute atomic E-state index is 12.3. The van der Waals surface area contributed by atoms with Gasteiger partial charge in [0.15, 0.2) is 0 Å². The fourth-order valence-corrected chi connectivity index (χ4v) is 2.59. The van der Waals surface area contributed by atoms with Crippen molar-refractivity contribution < 1.29 is 9.53 Å². The second kappa shape index (κ2) is 9.08. The van der Waals surface area contributed by atoms with Gasteiger partial charge in [0, 0.05) is 18.7 Å². The topological polar surface area (TPSA) is 41.6 Å². The summed E-state index contributed by atoms with van der Waals surface area (Å²) >= 11 is 0. The Hall–Kier alpha value is -2.33. The molecule has 4 heteroatoms. The van der Waals surface area contributed by atoms with Crippen molar-refractivity contribution >= 4 is 11.6 Å². The first-order chi connectivity index (χ1) is 11.6. The quantitative estimate of drug-likeness (QED) is 0.804. The lowest BCUT2D eigenvalue weighted by atomic mass is 10.1. The molecule has 0 bridgehead atoms. The van der Waals surface area contributed by atoms with E-state index in [1.165, 1.54) is 0 Å². The molecule has 0 fully saturated rings. The fraction of sp³-hybridized carbons (Fsp3) is 0.350. The number of nitrogens with one attached hydrogen (secondary N) is 1. The maximum atomic E-state index is 12.3. The first-order valence-corrected chi connectivity index (χ1v) is 8.33. The van der Waals surface area contributed by atoms with Crippen molar-refractivity contribution in [2.75, 3.05) is 26.0 Å². The van der Waals surface area contributed by atoms with Gasteiger partial charge in [-0.1, -0.05) is 36.4 Å². The van der Waals surface area contributed by atoms with E-state index in [9.17, 15) is 4.79 Å². The van der Waals surface area contributed by atoms with E-state index in [0.717, 1.165) is 29.1 Å². The van der Waals surface area contributed by atoms with Crippen LogP contribution in [-0.2, 0) is 17.8 Å². The number of ether oxygens (including phenoxy) is 1. The molecule has 0 aliphatic carbocycles. The number of aryl methyl sites for hydroxylation is 1. The highest BCUT2D eigenvalue weighted by molar-refractivity contribution is 5.91. The second-order valence-electron chi connectivity index (χ2n) is 5.98. The summed E-state index contributed by atoms with van der Waals surface area (Å²) in [5.41, 5.74) is 3.07. The lowest BCUT2D eigenvalue weighted by Crippen LogP contribution is -2.17. The van der Waals surface area contributed by atoms with E-state index in [2.05, 4.69) is 10.2 Å². The van der Waals surface area contributed by atoms with Gasteiger partial charge in [0.1, 0.15) is 5.75 Å². The standard InChI is InChI=1S/C20H26N2O2/c1-4-24-19-12-8-6-9-16(19)13-14-20(23)21-18-11-7-5-10-17(18)15-22(2)3/h5-12H,4,13-15H2,1-3H3,(H,21,23). The average molecular weight is 326 g/mol. The predicted molar refractivity (Wildman–Crippen MR) is 98.4 cm³/mol.